The zero-order valence-corrected chi connectivity index (χ0v) is 24.0. The average Bonchev–Trinajstić information content (AvgIpc) is 3.50. The van der Waals surface area contributed by atoms with E-state index in [0.717, 1.165) is 67.1 Å². The molecule has 4 heterocycles. The molecule has 0 aliphatic carbocycles. The summed E-state index contributed by atoms with van der Waals surface area (Å²) in [4.78, 5) is 12.4. The number of hydrogen-bond donors (Lipinski definition) is 3. The number of allylic oxidation sites excluding steroid dienone is 3. The van der Waals surface area contributed by atoms with E-state index >= 15 is 0 Å². The normalized spacial score (nSPS) is 12.6. The first-order valence-corrected chi connectivity index (χ1v) is 15.3. The predicted molar refractivity (Wildman–Crippen MR) is 169 cm³/mol. The standard InChI is InChI=1S/C32H33FN6S/c1-7-8-9-25(23-12-22(13-24(33)14-23)17-36-40(4,5)6)26-15-30(37-21(26)3)32-27-16-29(35-19-31(27)38-39-32)28-18-34-11-10-20(28)2/h7-16,18-19,36-37H,4-5,17H2,1-3,6H3,(H,38,39)/b8-7-,25-9-. The maximum atomic E-state index is 14.8. The van der Waals surface area contributed by atoms with Gasteiger partial charge in [-0.1, -0.05) is 30.0 Å². The van der Waals surface area contributed by atoms with E-state index in [2.05, 4.69) is 47.7 Å². The van der Waals surface area contributed by atoms with Gasteiger partial charge in [-0.3, -0.25) is 19.8 Å². The van der Waals surface area contributed by atoms with E-state index in [4.69, 9.17) is 0 Å². The van der Waals surface area contributed by atoms with E-state index in [1.54, 1.807) is 24.5 Å². The van der Waals surface area contributed by atoms with Crippen LogP contribution in [0, 0.1) is 19.7 Å². The second-order valence-electron chi connectivity index (χ2n) is 10.1. The Hall–Kier alpha value is -4.27. The van der Waals surface area contributed by atoms with Gasteiger partial charge in [0.1, 0.15) is 11.5 Å². The molecule has 5 aromatic rings. The Morgan fingerprint density at radius 2 is 1.95 bits per heavy atom. The highest BCUT2D eigenvalue weighted by Crippen LogP contribution is 2.34. The highest BCUT2D eigenvalue weighted by Gasteiger charge is 2.18. The average molecular weight is 553 g/mol. The van der Waals surface area contributed by atoms with Crippen LogP contribution in [0.4, 0.5) is 4.39 Å². The molecule has 0 radical (unpaired) electrons. The fraction of sp³-hybridized carbons (Fsp3) is 0.156. The van der Waals surface area contributed by atoms with Crippen LogP contribution in [0.3, 0.4) is 0 Å². The zero-order valence-electron chi connectivity index (χ0n) is 23.2. The lowest BCUT2D eigenvalue weighted by Crippen LogP contribution is -2.08. The number of aryl methyl sites for hydroxylation is 2. The van der Waals surface area contributed by atoms with E-state index in [9.17, 15) is 4.39 Å². The third kappa shape index (κ3) is 5.83. The lowest BCUT2D eigenvalue weighted by molar-refractivity contribution is 0.624. The number of H-pyrrole nitrogens is 2. The summed E-state index contributed by atoms with van der Waals surface area (Å²) in [6.45, 7) is 6.52. The SMILES string of the molecule is C=S(=C)(C)NCc1cc(F)cc(/C(=C/C=C\C)c2cc(-c3n[nH]c4cnc(-c5cnccc5C)cc34)[nH]c2C)c1. The number of halogens is 1. The monoisotopic (exact) mass is 552 g/mol. The van der Waals surface area contributed by atoms with Gasteiger partial charge in [0.15, 0.2) is 0 Å². The van der Waals surface area contributed by atoms with Gasteiger partial charge in [-0.2, -0.15) is 14.5 Å². The van der Waals surface area contributed by atoms with Gasteiger partial charge >= 0.3 is 0 Å². The van der Waals surface area contributed by atoms with Crippen molar-refractivity contribution in [3.63, 3.8) is 0 Å². The highest BCUT2D eigenvalue weighted by atomic mass is 32.2. The Labute approximate surface area is 234 Å². The van der Waals surface area contributed by atoms with Crippen LogP contribution in [0.25, 0.3) is 39.1 Å². The molecule has 0 atom stereocenters. The van der Waals surface area contributed by atoms with E-state index < -0.39 is 9.39 Å². The molecule has 4 aromatic heterocycles. The maximum absolute atomic E-state index is 14.8. The van der Waals surface area contributed by atoms with Crippen LogP contribution in [0.2, 0.25) is 0 Å². The Bertz CT molecular complexity index is 1870. The fourth-order valence-corrected chi connectivity index (χ4v) is 5.18. The minimum Gasteiger partial charge on any atom is -0.357 e. The predicted octanol–water partition coefficient (Wildman–Crippen LogP) is 7.08. The van der Waals surface area contributed by atoms with Crippen molar-refractivity contribution in [1.29, 1.82) is 0 Å². The van der Waals surface area contributed by atoms with Gasteiger partial charge in [-0.15, -0.1) is 0 Å². The third-order valence-corrected chi connectivity index (χ3v) is 7.51. The van der Waals surface area contributed by atoms with Crippen LogP contribution in [0.15, 0.2) is 73.2 Å². The summed E-state index contributed by atoms with van der Waals surface area (Å²) >= 11 is 0. The molecule has 5 rings (SSSR count). The summed E-state index contributed by atoms with van der Waals surface area (Å²) in [6, 6.07) is 11.2. The van der Waals surface area contributed by atoms with Gasteiger partial charge in [-0.05, 0) is 85.7 Å². The van der Waals surface area contributed by atoms with E-state index in [-0.39, 0.29) is 5.82 Å². The van der Waals surface area contributed by atoms with E-state index in [1.807, 2.05) is 69.7 Å². The molecule has 0 saturated heterocycles. The summed E-state index contributed by atoms with van der Waals surface area (Å²) in [5, 5.41) is 8.68. The summed E-state index contributed by atoms with van der Waals surface area (Å²) in [6.07, 6.45) is 13.3. The summed E-state index contributed by atoms with van der Waals surface area (Å²) < 4.78 is 18.1. The van der Waals surface area contributed by atoms with Crippen molar-refractivity contribution in [2.24, 2.45) is 0 Å². The molecule has 0 spiro atoms. The van der Waals surface area contributed by atoms with Gasteiger partial charge in [-0.25, -0.2) is 4.39 Å². The molecule has 204 valence electrons. The molecular formula is C32H33FN6S. The Morgan fingerprint density at radius 3 is 2.70 bits per heavy atom. The largest absolute Gasteiger partial charge is 0.357 e. The van der Waals surface area contributed by atoms with Gasteiger partial charge in [0.25, 0.3) is 0 Å². The highest BCUT2D eigenvalue weighted by molar-refractivity contribution is 8.25. The van der Waals surface area contributed by atoms with E-state index in [1.165, 1.54) is 0 Å². The van der Waals surface area contributed by atoms with Crippen LogP contribution in [-0.2, 0) is 6.54 Å². The minimum atomic E-state index is -1.43. The molecule has 0 amide bonds. The number of benzene rings is 1. The molecule has 3 N–H and O–H groups in total. The van der Waals surface area contributed by atoms with Crippen LogP contribution < -0.4 is 4.72 Å². The number of aromatic amines is 2. The van der Waals surface area contributed by atoms with Crippen molar-refractivity contribution in [2.45, 2.75) is 27.3 Å². The van der Waals surface area contributed by atoms with Crippen molar-refractivity contribution in [2.75, 3.05) is 6.26 Å². The lowest BCUT2D eigenvalue weighted by Gasteiger charge is -2.13. The number of hydrogen-bond acceptors (Lipinski definition) is 4. The topological polar surface area (TPSA) is 82.3 Å². The molecule has 6 nitrogen and oxygen atoms in total. The van der Waals surface area contributed by atoms with Crippen molar-refractivity contribution in [3.8, 4) is 22.6 Å². The lowest BCUT2D eigenvalue weighted by atomic mass is 9.95. The Morgan fingerprint density at radius 1 is 1.12 bits per heavy atom. The van der Waals surface area contributed by atoms with Gasteiger partial charge in [0.05, 0.1) is 23.1 Å². The summed E-state index contributed by atoms with van der Waals surface area (Å²) in [7, 11) is -1.43. The number of fused-ring (bicyclic) bond motifs is 1. The van der Waals surface area contributed by atoms with Crippen molar-refractivity contribution < 1.29 is 4.39 Å². The molecule has 0 unspecified atom stereocenters. The molecule has 1 aromatic carbocycles. The molecule has 0 aliphatic rings. The second-order valence-corrected chi connectivity index (χ2v) is 13.0. The minimum absolute atomic E-state index is 0.289. The van der Waals surface area contributed by atoms with Crippen LogP contribution in [0.5, 0.6) is 0 Å². The molecule has 0 aliphatic heterocycles. The van der Waals surface area contributed by atoms with Gasteiger partial charge < -0.3 is 4.98 Å². The third-order valence-electron chi connectivity index (χ3n) is 6.67. The van der Waals surface area contributed by atoms with Crippen LogP contribution in [-0.4, -0.2) is 43.1 Å². The second kappa shape index (κ2) is 11.1. The summed E-state index contributed by atoms with van der Waals surface area (Å²) in [5.41, 5.74) is 9.86. The molecule has 8 heteroatoms. The first kappa shape index (κ1) is 27.3. The Balaban J connectivity index is 1.58. The first-order valence-electron chi connectivity index (χ1n) is 12.9. The van der Waals surface area contributed by atoms with Crippen LogP contribution >= 0.6 is 9.39 Å². The number of aromatic nitrogens is 5. The molecule has 40 heavy (non-hydrogen) atoms. The number of pyridine rings is 2. The number of rotatable bonds is 8. The molecule has 0 bridgehead atoms. The van der Waals surface area contributed by atoms with Gasteiger partial charge in [0.2, 0.25) is 0 Å². The first-order chi connectivity index (χ1) is 19.1. The maximum Gasteiger partial charge on any atom is 0.124 e. The van der Waals surface area contributed by atoms with Crippen LogP contribution in [0.1, 0.15) is 34.9 Å². The quantitative estimate of drug-likeness (QED) is 0.142. The summed E-state index contributed by atoms with van der Waals surface area (Å²) in [5.74, 6) is 7.85. The van der Waals surface area contributed by atoms with Crippen molar-refractivity contribution in [3.05, 3.63) is 107 Å². The fourth-order valence-electron chi connectivity index (χ4n) is 4.67. The molecule has 0 saturated carbocycles. The number of nitrogens with zero attached hydrogens (tertiary/aromatic N) is 3. The molecule has 0 fully saturated rings. The van der Waals surface area contributed by atoms with Crippen molar-refractivity contribution >= 4 is 37.6 Å². The Kier molecular flexibility index (Phi) is 7.56. The van der Waals surface area contributed by atoms with Gasteiger partial charge in [0, 0.05) is 41.1 Å². The smallest absolute Gasteiger partial charge is 0.124 e. The van der Waals surface area contributed by atoms with Crippen molar-refractivity contribution in [1.82, 2.24) is 29.9 Å². The number of nitrogens with one attached hydrogen (secondary N) is 3. The zero-order chi connectivity index (χ0) is 28.4. The van der Waals surface area contributed by atoms with E-state index in [0.29, 0.717) is 6.54 Å². The molecular weight excluding hydrogens is 519 g/mol.